The van der Waals surface area contributed by atoms with Crippen molar-refractivity contribution in [2.75, 3.05) is 31.4 Å². The van der Waals surface area contributed by atoms with E-state index in [0.29, 0.717) is 11.7 Å². The zero-order chi connectivity index (χ0) is 14.6. The van der Waals surface area contributed by atoms with Gasteiger partial charge in [0.25, 0.3) is 0 Å². The lowest BCUT2D eigenvalue weighted by molar-refractivity contribution is 0.177. The minimum Gasteiger partial charge on any atom is -0.299 e. The predicted molar refractivity (Wildman–Crippen MR) is 85.9 cm³/mol. The van der Waals surface area contributed by atoms with Gasteiger partial charge >= 0.3 is 0 Å². The largest absolute Gasteiger partial charge is 0.299 e. The molecule has 1 aliphatic rings. The normalized spacial score (nSPS) is 21.0. The van der Waals surface area contributed by atoms with Gasteiger partial charge in [0.15, 0.2) is 0 Å². The molecule has 1 aromatic rings. The first-order chi connectivity index (χ1) is 9.48. The maximum atomic E-state index is 11.4. The minimum absolute atomic E-state index is 0.292. The predicted octanol–water partition coefficient (Wildman–Crippen LogP) is 2.67. The Bertz CT molecular complexity index is 543. The molecule has 0 bridgehead atoms. The Morgan fingerprint density at radius 2 is 2.10 bits per heavy atom. The highest BCUT2D eigenvalue weighted by Gasteiger charge is 2.23. The van der Waals surface area contributed by atoms with E-state index in [-0.39, 0.29) is 0 Å². The van der Waals surface area contributed by atoms with E-state index in [1.165, 1.54) is 16.7 Å². The SMILES string of the molecule is CSc1ccccc1CN1CCC[C@@H](CS(C)(=O)=O)C1. The molecule has 1 aromatic carbocycles. The Morgan fingerprint density at radius 1 is 1.35 bits per heavy atom. The van der Waals surface area contributed by atoms with E-state index in [4.69, 9.17) is 0 Å². The molecular weight excluding hydrogens is 290 g/mol. The summed E-state index contributed by atoms with van der Waals surface area (Å²) in [6, 6.07) is 8.47. The Labute approximate surface area is 126 Å². The number of benzene rings is 1. The van der Waals surface area contributed by atoms with Gasteiger partial charge in [-0.2, -0.15) is 0 Å². The molecule has 5 heteroatoms. The van der Waals surface area contributed by atoms with Crippen molar-refractivity contribution >= 4 is 21.6 Å². The Balaban J connectivity index is 1.99. The third kappa shape index (κ3) is 4.79. The molecule has 0 radical (unpaired) electrons. The van der Waals surface area contributed by atoms with Crippen LogP contribution in [0.4, 0.5) is 0 Å². The van der Waals surface area contributed by atoms with Crippen LogP contribution in [0.3, 0.4) is 0 Å². The third-order valence-electron chi connectivity index (χ3n) is 3.73. The van der Waals surface area contributed by atoms with Crippen molar-refractivity contribution in [3.05, 3.63) is 29.8 Å². The number of hydrogen-bond donors (Lipinski definition) is 0. The zero-order valence-electron chi connectivity index (χ0n) is 12.2. The maximum absolute atomic E-state index is 11.4. The second-order valence-electron chi connectivity index (χ2n) is 5.65. The Morgan fingerprint density at radius 3 is 2.80 bits per heavy atom. The van der Waals surface area contributed by atoms with Crippen molar-refractivity contribution in [3.63, 3.8) is 0 Å². The van der Waals surface area contributed by atoms with Gasteiger partial charge in [-0.3, -0.25) is 4.90 Å². The van der Waals surface area contributed by atoms with Crippen molar-refractivity contribution in [1.82, 2.24) is 4.90 Å². The molecule has 1 fully saturated rings. The van der Waals surface area contributed by atoms with Crippen molar-refractivity contribution in [2.24, 2.45) is 5.92 Å². The second-order valence-corrected chi connectivity index (χ2v) is 8.68. The van der Waals surface area contributed by atoms with E-state index in [0.717, 1.165) is 32.5 Å². The van der Waals surface area contributed by atoms with Crippen LogP contribution in [0.25, 0.3) is 0 Å². The molecule has 1 heterocycles. The third-order valence-corrected chi connectivity index (χ3v) is 5.64. The first-order valence-corrected chi connectivity index (χ1v) is 10.3. The van der Waals surface area contributed by atoms with E-state index in [1.54, 1.807) is 11.8 Å². The molecule has 2 rings (SSSR count). The molecular formula is C15H23NO2S2. The van der Waals surface area contributed by atoms with E-state index >= 15 is 0 Å². The molecule has 0 amide bonds. The molecule has 3 nitrogen and oxygen atoms in total. The van der Waals surface area contributed by atoms with E-state index in [2.05, 4.69) is 35.4 Å². The Kier molecular flexibility index (Phi) is 5.52. The lowest BCUT2D eigenvalue weighted by Crippen LogP contribution is -2.37. The van der Waals surface area contributed by atoms with Crippen LogP contribution in [-0.2, 0) is 16.4 Å². The van der Waals surface area contributed by atoms with Crippen molar-refractivity contribution < 1.29 is 8.42 Å². The average Bonchev–Trinajstić information content (AvgIpc) is 2.38. The summed E-state index contributed by atoms with van der Waals surface area (Å²) in [6.07, 6.45) is 5.58. The molecule has 0 aliphatic carbocycles. The van der Waals surface area contributed by atoms with Crippen LogP contribution in [0.2, 0.25) is 0 Å². The highest BCUT2D eigenvalue weighted by Crippen LogP contribution is 2.24. The lowest BCUT2D eigenvalue weighted by atomic mass is 9.99. The van der Waals surface area contributed by atoms with Crippen LogP contribution in [0.15, 0.2) is 29.2 Å². The summed E-state index contributed by atoms with van der Waals surface area (Å²) in [5.41, 5.74) is 1.35. The van der Waals surface area contributed by atoms with Gasteiger partial charge in [0.05, 0.1) is 5.75 Å². The summed E-state index contributed by atoms with van der Waals surface area (Å²) in [6.45, 7) is 2.90. The summed E-state index contributed by atoms with van der Waals surface area (Å²) in [5, 5.41) is 0. The molecule has 112 valence electrons. The van der Waals surface area contributed by atoms with Gasteiger partial charge in [-0.25, -0.2) is 8.42 Å². The van der Waals surface area contributed by atoms with E-state index < -0.39 is 9.84 Å². The number of hydrogen-bond acceptors (Lipinski definition) is 4. The first kappa shape index (κ1) is 15.9. The molecule has 0 spiro atoms. The summed E-state index contributed by atoms with van der Waals surface area (Å²) in [5.74, 6) is 0.619. The number of nitrogens with zero attached hydrogens (tertiary/aromatic N) is 1. The number of sulfone groups is 1. The monoisotopic (exact) mass is 313 g/mol. The number of piperidine rings is 1. The fourth-order valence-electron chi connectivity index (χ4n) is 2.93. The smallest absolute Gasteiger partial charge is 0.147 e. The van der Waals surface area contributed by atoms with Crippen LogP contribution in [0, 0.1) is 5.92 Å². The topological polar surface area (TPSA) is 37.4 Å². The molecule has 1 aliphatic heterocycles. The second kappa shape index (κ2) is 6.96. The zero-order valence-corrected chi connectivity index (χ0v) is 13.8. The summed E-state index contributed by atoms with van der Waals surface area (Å²) < 4.78 is 22.9. The molecule has 1 saturated heterocycles. The van der Waals surface area contributed by atoms with Crippen molar-refractivity contribution in [1.29, 1.82) is 0 Å². The van der Waals surface area contributed by atoms with Gasteiger partial charge < -0.3 is 0 Å². The molecule has 0 N–H and O–H groups in total. The van der Waals surface area contributed by atoms with Gasteiger partial charge in [-0.05, 0) is 43.2 Å². The van der Waals surface area contributed by atoms with E-state index in [9.17, 15) is 8.42 Å². The van der Waals surface area contributed by atoms with E-state index in [1.807, 2.05) is 0 Å². The number of rotatable bonds is 5. The highest BCUT2D eigenvalue weighted by molar-refractivity contribution is 7.98. The van der Waals surface area contributed by atoms with Gasteiger partial charge in [-0.1, -0.05) is 18.2 Å². The summed E-state index contributed by atoms with van der Waals surface area (Å²) >= 11 is 1.77. The van der Waals surface area contributed by atoms with Gasteiger partial charge in [0.1, 0.15) is 9.84 Å². The fraction of sp³-hybridized carbons (Fsp3) is 0.600. The maximum Gasteiger partial charge on any atom is 0.147 e. The van der Waals surface area contributed by atoms with Crippen molar-refractivity contribution in [2.45, 2.75) is 24.3 Å². The van der Waals surface area contributed by atoms with Crippen molar-refractivity contribution in [3.8, 4) is 0 Å². The molecule has 20 heavy (non-hydrogen) atoms. The van der Waals surface area contributed by atoms with Crippen LogP contribution in [0.1, 0.15) is 18.4 Å². The van der Waals surface area contributed by atoms with Crippen LogP contribution < -0.4 is 0 Å². The van der Waals surface area contributed by atoms with Crippen LogP contribution >= 0.6 is 11.8 Å². The van der Waals surface area contributed by atoms with Gasteiger partial charge in [-0.15, -0.1) is 11.8 Å². The fourth-order valence-corrected chi connectivity index (χ4v) is 4.67. The first-order valence-electron chi connectivity index (χ1n) is 7.00. The quantitative estimate of drug-likeness (QED) is 0.783. The highest BCUT2D eigenvalue weighted by atomic mass is 32.2. The Hall–Kier alpha value is -0.520. The summed E-state index contributed by atoms with van der Waals surface area (Å²) in [4.78, 5) is 3.71. The number of likely N-dealkylation sites (tertiary alicyclic amines) is 1. The minimum atomic E-state index is -2.86. The summed E-state index contributed by atoms with van der Waals surface area (Å²) in [7, 11) is -2.86. The molecule has 1 atom stereocenters. The molecule has 0 saturated carbocycles. The van der Waals surface area contributed by atoms with Crippen LogP contribution in [0.5, 0.6) is 0 Å². The number of thioether (sulfide) groups is 1. The van der Waals surface area contributed by atoms with Crippen LogP contribution in [-0.4, -0.2) is 44.7 Å². The lowest BCUT2D eigenvalue weighted by Gasteiger charge is -2.32. The van der Waals surface area contributed by atoms with Gasteiger partial charge in [0, 0.05) is 24.2 Å². The molecule has 0 aromatic heterocycles. The average molecular weight is 313 g/mol. The molecule has 0 unspecified atom stereocenters. The van der Waals surface area contributed by atoms with Gasteiger partial charge in [0.2, 0.25) is 0 Å². The standard InChI is InChI=1S/C15H23NO2S2/c1-19-15-8-4-3-7-14(15)11-16-9-5-6-13(10-16)12-20(2,17)18/h3-4,7-8,13H,5-6,9-12H2,1-2H3/t13-/m1/s1.